The van der Waals surface area contributed by atoms with E-state index in [0.717, 1.165) is 10.4 Å². The van der Waals surface area contributed by atoms with Crippen molar-refractivity contribution in [2.45, 2.75) is 69.9 Å². The predicted octanol–water partition coefficient (Wildman–Crippen LogP) is 2.99. The number of hydrogen-bond donors (Lipinski definition) is 2. The average molecular weight is 457 g/mol. The van der Waals surface area contributed by atoms with Crippen LogP contribution < -0.4 is 10.4 Å². The summed E-state index contributed by atoms with van der Waals surface area (Å²) in [5.74, 6) is -0.919. The minimum absolute atomic E-state index is 0.0533. The summed E-state index contributed by atoms with van der Waals surface area (Å²) in [6.45, 7) is 13.8. The van der Waals surface area contributed by atoms with E-state index < -0.39 is 38.5 Å². The Morgan fingerprint density at radius 3 is 1.88 bits per heavy atom. The third-order valence-electron chi connectivity index (χ3n) is 6.01. The van der Waals surface area contributed by atoms with E-state index >= 15 is 0 Å². The first-order valence-electron chi connectivity index (χ1n) is 11.1. The smallest absolute Gasteiger partial charge is 0.261 e. The molecule has 1 aliphatic rings. The van der Waals surface area contributed by atoms with Gasteiger partial charge in [-0.15, -0.1) is 6.58 Å². The molecule has 174 valence electrons. The number of hydrogen-bond acceptors (Lipinski definition) is 5. The largest absolute Gasteiger partial charge is 0.405 e. The first-order valence-corrected chi connectivity index (χ1v) is 13.0. The molecule has 2 N–H and O–H groups in total. The van der Waals surface area contributed by atoms with Crippen LogP contribution in [0.5, 0.6) is 0 Å². The van der Waals surface area contributed by atoms with Gasteiger partial charge < -0.3 is 24.1 Å². The molecule has 0 bridgehead atoms. The molecule has 5 nitrogen and oxygen atoms in total. The Hall–Kier alpha value is -1.80. The van der Waals surface area contributed by atoms with Crippen LogP contribution in [0.4, 0.5) is 0 Å². The molecular weight excluding hydrogens is 420 g/mol. The van der Waals surface area contributed by atoms with Gasteiger partial charge in [-0.25, -0.2) is 0 Å². The molecule has 2 aromatic carbocycles. The maximum atomic E-state index is 11.2. The van der Waals surface area contributed by atoms with E-state index in [1.807, 2.05) is 36.4 Å². The minimum atomic E-state index is -2.80. The van der Waals surface area contributed by atoms with E-state index in [9.17, 15) is 10.2 Å². The lowest BCUT2D eigenvalue weighted by molar-refractivity contribution is -0.160. The Bertz CT molecular complexity index is 839. The van der Waals surface area contributed by atoms with Crippen molar-refractivity contribution in [3.63, 3.8) is 0 Å². The number of benzene rings is 2. The summed E-state index contributed by atoms with van der Waals surface area (Å²) in [7, 11) is -2.80. The monoisotopic (exact) mass is 456 g/mol. The summed E-state index contributed by atoms with van der Waals surface area (Å²) in [6, 6.07) is 20.5. The summed E-state index contributed by atoms with van der Waals surface area (Å²) < 4.78 is 18.6. The zero-order valence-corrected chi connectivity index (χ0v) is 20.7. The lowest BCUT2D eigenvalue weighted by Crippen LogP contribution is -2.67. The topological polar surface area (TPSA) is 68.2 Å². The van der Waals surface area contributed by atoms with E-state index in [1.165, 1.54) is 6.08 Å². The van der Waals surface area contributed by atoms with Crippen LogP contribution in [0.1, 0.15) is 34.6 Å². The van der Waals surface area contributed by atoms with Crippen molar-refractivity contribution < 1.29 is 24.1 Å². The van der Waals surface area contributed by atoms with Crippen LogP contribution in [0, 0.1) is 0 Å². The van der Waals surface area contributed by atoms with Crippen LogP contribution in [0.3, 0.4) is 0 Å². The van der Waals surface area contributed by atoms with Gasteiger partial charge in [0.05, 0.1) is 6.61 Å². The van der Waals surface area contributed by atoms with E-state index in [4.69, 9.17) is 13.9 Å². The molecule has 0 spiro atoms. The third kappa shape index (κ3) is 4.91. The van der Waals surface area contributed by atoms with Gasteiger partial charge in [0.25, 0.3) is 8.32 Å². The Morgan fingerprint density at radius 1 is 0.969 bits per heavy atom. The first kappa shape index (κ1) is 24.8. The number of aliphatic hydroxyl groups excluding tert-OH is 2. The van der Waals surface area contributed by atoms with Crippen molar-refractivity contribution in [3.05, 3.63) is 73.3 Å². The van der Waals surface area contributed by atoms with Gasteiger partial charge in [-0.1, -0.05) is 87.5 Å². The van der Waals surface area contributed by atoms with E-state index in [1.54, 1.807) is 13.8 Å². The second-order valence-electron chi connectivity index (χ2n) is 9.83. The third-order valence-corrected chi connectivity index (χ3v) is 11.0. The van der Waals surface area contributed by atoms with Gasteiger partial charge in [0.2, 0.25) is 0 Å². The molecule has 1 unspecified atom stereocenters. The van der Waals surface area contributed by atoms with Crippen LogP contribution in [0.2, 0.25) is 5.04 Å². The van der Waals surface area contributed by atoms with Crippen LogP contribution in [-0.2, 0) is 13.9 Å². The van der Waals surface area contributed by atoms with Crippen molar-refractivity contribution in [3.8, 4) is 0 Å². The summed E-state index contributed by atoms with van der Waals surface area (Å²) in [5.41, 5.74) is 0. The zero-order chi connectivity index (χ0) is 23.6. The van der Waals surface area contributed by atoms with Crippen LogP contribution >= 0.6 is 0 Å². The summed E-state index contributed by atoms with van der Waals surface area (Å²) in [4.78, 5) is 0. The van der Waals surface area contributed by atoms with E-state index in [-0.39, 0.29) is 11.6 Å². The Kier molecular flexibility index (Phi) is 7.44. The number of rotatable bonds is 8. The van der Waals surface area contributed by atoms with Crippen molar-refractivity contribution in [2.24, 2.45) is 0 Å². The number of aliphatic hydroxyl groups is 2. The Morgan fingerprint density at radius 2 is 1.44 bits per heavy atom. The highest BCUT2D eigenvalue weighted by atomic mass is 28.4. The lowest BCUT2D eigenvalue weighted by Gasteiger charge is -2.43. The quantitative estimate of drug-likeness (QED) is 0.472. The van der Waals surface area contributed by atoms with Crippen LogP contribution in [0.25, 0.3) is 0 Å². The van der Waals surface area contributed by atoms with Gasteiger partial charge in [0.15, 0.2) is 5.79 Å². The molecule has 1 heterocycles. The lowest BCUT2D eigenvalue weighted by atomic mass is 10.0. The van der Waals surface area contributed by atoms with Crippen LogP contribution in [0.15, 0.2) is 73.3 Å². The molecule has 4 atom stereocenters. The van der Waals surface area contributed by atoms with Gasteiger partial charge in [-0.2, -0.15) is 0 Å². The summed E-state index contributed by atoms with van der Waals surface area (Å²) >= 11 is 0. The fourth-order valence-corrected chi connectivity index (χ4v) is 9.16. The molecule has 2 aromatic rings. The maximum absolute atomic E-state index is 11.2. The highest BCUT2D eigenvalue weighted by Gasteiger charge is 2.52. The minimum Gasteiger partial charge on any atom is -0.405 e. The molecule has 0 amide bonds. The molecule has 6 heteroatoms. The van der Waals surface area contributed by atoms with Gasteiger partial charge in [0, 0.05) is 0 Å². The molecule has 0 radical (unpaired) electrons. The highest BCUT2D eigenvalue weighted by Crippen LogP contribution is 2.38. The Labute approximate surface area is 192 Å². The normalized spacial score (nSPS) is 23.0. The summed E-state index contributed by atoms with van der Waals surface area (Å²) in [6.07, 6.45) is -2.00. The fraction of sp³-hybridized carbons (Fsp3) is 0.462. The van der Waals surface area contributed by atoms with Crippen LogP contribution in [-0.4, -0.2) is 55.3 Å². The zero-order valence-electron chi connectivity index (χ0n) is 19.7. The van der Waals surface area contributed by atoms with Gasteiger partial charge >= 0.3 is 0 Å². The van der Waals surface area contributed by atoms with Gasteiger partial charge in [0.1, 0.15) is 24.4 Å². The average Bonchev–Trinajstić information content (AvgIpc) is 3.09. The predicted molar refractivity (Wildman–Crippen MR) is 130 cm³/mol. The van der Waals surface area contributed by atoms with Crippen molar-refractivity contribution in [1.29, 1.82) is 0 Å². The molecule has 32 heavy (non-hydrogen) atoms. The molecular formula is C26H36O5Si. The molecule has 1 aliphatic heterocycles. The highest BCUT2D eigenvalue weighted by molar-refractivity contribution is 6.99. The van der Waals surface area contributed by atoms with E-state index in [2.05, 4.69) is 51.6 Å². The standard InChI is InChI=1S/C26H36O5Si/c1-7-21(27)23-24(31-26(5,6)30-23)22(28)18-29-32(25(2,3)4,19-14-10-8-11-15-19)20-16-12-9-13-17-20/h7-17,21-24,27-28H,1,18H2,2-6H3/t21-,22+,23-,24?/m0/s1. The number of ether oxygens (including phenoxy) is 2. The SMILES string of the molecule is C=C[C@H](O)[C@@H]1OC(C)(C)OC1[C@H](O)CO[Si](c1ccccc1)(c1ccccc1)C(C)(C)C. The van der Waals surface area contributed by atoms with Crippen molar-refractivity contribution in [2.75, 3.05) is 6.61 Å². The molecule has 3 rings (SSSR count). The molecule has 0 saturated carbocycles. The van der Waals surface area contributed by atoms with Crippen molar-refractivity contribution >= 4 is 18.7 Å². The Balaban J connectivity index is 1.97. The van der Waals surface area contributed by atoms with Gasteiger partial charge in [-0.3, -0.25) is 0 Å². The first-order chi connectivity index (χ1) is 15.0. The maximum Gasteiger partial charge on any atom is 0.261 e. The fourth-order valence-electron chi connectivity index (χ4n) is 4.58. The van der Waals surface area contributed by atoms with E-state index in [0.29, 0.717) is 0 Å². The molecule has 1 fully saturated rings. The summed E-state index contributed by atoms with van der Waals surface area (Å²) in [5, 5.41) is 23.6. The molecule has 1 saturated heterocycles. The molecule has 0 aromatic heterocycles. The second kappa shape index (κ2) is 9.59. The van der Waals surface area contributed by atoms with Crippen molar-refractivity contribution in [1.82, 2.24) is 0 Å². The molecule has 0 aliphatic carbocycles. The second-order valence-corrected chi connectivity index (χ2v) is 14.1. The van der Waals surface area contributed by atoms with Gasteiger partial charge in [-0.05, 0) is 29.3 Å².